The van der Waals surface area contributed by atoms with Crippen molar-refractivity contribution in [1.82, 2.24) is 24.9 Å². The molecular formula is C37H66N5O14P. The number of nitrogens with one attached hydrogen (secondary N) is 1. The zero-order valence-corrected chi connectivity index (χ0v) is 34.7. The van der Waals surface area contributed by atoms with Gasteiger partial charge >= 0.3 is 31.5 Å². The van der Waals surface area contributed by atoms with Crippen molar-refractivity contribution in [3.63, 3.8) is 0 Å². The number of hydrogen-bond acceptors (Lipinski definition) is 13. The average molecular weight is 836 g/mol. The maximum absolute atomic E-state index is 12.9. The number of likely N-dealkylation sites (N-methyl/N-ethyl adjacent to an activating group) is 2. The summed E-state index contributed by atoms with van der Waals surface area (Å²) in [5.74, 6) is -7.28. The third-order valence-electron chi connectivity index (χ3n) is 9.88. The van der Waals surface area contributed by atoms with Gasteiger partial charge in [-0.2, -0.15) is 0 Å². The molecule has 1 aliphatic rings. The molecule has 19 nitrogen and oxygen atoms in total. The quantitative estimate of drug-likeness (QED) is 0.0482. The Balaban J connectivity index is 2.44. The Morgan fingerprint density at radius 3 is 1.74 bits per heavy atom. The maximum atomic E-state index is 12.9. The molecule has 20 heteroatoms. The molecule has 3 unspecified atom stereocenters. The van der Waals surface area contributed by atoms with Gasteiger partial charge in [0.25, 0.3) is 0 Å². The van der Waals surface area contributed by atoms with Crippen molar-refractivity contribution in [2.24, 2.45) is 11.8 Å². The van der Waals surface area contributed by atoms with Crippen LogP contribution in [0.25, 0.3) is 0 Å². The topological polar surface area (TPSA) is 272 Å². The first kappa shape index (κ1) is 51.7. The highest BCUT2D eigenvalue weighted by atomic mass is 31.2. The monoisotopic (exact) mass is 835 g/mol. The van der Waals surface area contributed by atoms with Crippen LogP contribution in [-0.2, 0) is 42.7 Å². The number of carbonyl (C=O) groups is 7. The minimum Gasteiger partial charge on any atom is -0.481 e. The SMILES string of the molecule is CC(CCC(=O)O)CP(=O)(O)OCCC(CC(=O)CC[C@@H](NC(=O)CCCCCCC(=O)CN1CCN(C)CCN(C)CCN(CC(=O)O)CC1)C(=O)O)C(=O)O. The van der Waals surface area contributed by atoms with Crippen molar-refractivity contribution in [3.8, 4) is 0 Å². The van der Waals surface area contributed by atoms with Gasteiger partial charge in [-0.1, -0.05) is 19.8 Å². The van der Waals surface area contributed by atoms with Crippen LogP contribution in [0.4, 0.5) is 0 Å². The van der Waals surface area contributed by atoms with Gasteiger partial charge in [-0.25, -0.2) is 4.79 Å². The summed E-state index contributed by atoms with van der Waals surface area (Å²) in [6.07, 6.45) is 1.20. The van der Waals surface area contributed by atoms with E-state index in [1.807, 2.05) is 19.0 Å². The zero-order chi connectivity index (χ0) is 43.0. The molecule has 0 aliphatic carbocycles. The lowest BCUT2D eigenvalue weighted by Gasteiger charge is -2.31. The summed E-state index contributed by atoms with van der Waals surface area (Å²) in [4.78, 5) is 102. The Bertz CT molecular complexity index is 1350. The number of carbonyl (C=O) groups excluding carboxylic acids is 3. The summed E-state index contributed by atoms with van der Waals surface area (Å²) >= 11 is 0. The number of Topliss-reactive ketones (excluding diaryl/α,β-unsaturated/α-hetero) is 2. The lowest BCUT2D eigenvalue weighted by Crippen LogP contribution is -2.46. The standard InChI is InChI=1S/C37H66N5O14P/c1-28(10-13-34(46)47)27-57(54,55)56-23-14-29(36(50)51)24-30(43)11-12-32(37(52)53)38-33(45)9-7-5-4-6-8-31(44)25-41-19-17-39(2)15-16-40(3)18-20-42(22-21-41)26-35(48)49/h28-29,32H,4-27H2,1-3H3,(H,38,45)(H,46,47)(H,48,49)(H,50,51)(H,52,53)(H,54,55)/t28?,29?,32-/m1/s1. The number of amides is 1. The fourth-order valence-electron chi connectivity index (χ4n) is 6.26. The maximum Gasteiger partial charge on any atom is 0.328 e. The molecule has 0 spiro atoms. The number of carboxylic acid groups (broad SMARTS) is 4. The molecule has 0 aromatic rings. The number of ketones is 2. The highest BCUT2D eigenvalue weighted by molar-refractivity contribution is 7.52. The summed E-state index contributed by atoms with van der Waals surface area (Å²) in [6.45, 7) is 7.05. The van der Waals surface area contributed by atoms with Crippen LogP contribution >= 0.6 is 7.60 Å². The number of unbranched alkanes of at least 4 members (excludes halogenated alkanes) is 3. The molecule has 0 radical (unpaired) electrons. The molecule has 1 rings (SSSR count). The summed E-state index contributed by atoms with van der Waals surface area (Å²) in [7, 11) is -0.0621. The normalized spacial score (nSPS) is 18.2. The Hall–Kier alpha value is -3.32. The van der Waals surface area contributed by atoms with E-state index < -0.39 is 74.1 Å². The molecule has 0 aromatic heterocycles. The molecule has 4 atom stereocenters. The third kappa shape index (κ3) is 26.3. The Morgan fingerprint density at radius 1 is 0.649 bits per heavy atom. The van der Waals surface area contributed by atoms with E-state index in [2.05, 4.69) is 20.0 Å². The number of nitrogens with zero attached hydrogens (tertiary/aromatic N) is 4. The van der Waals surface area contributed by atoms with Gasteiger partial charge in [0.2, 0.25) is 5.91 Å². The molecule has 6 N–H and O–H groups in total. The number of hydrogen-bond donors (Lipinski definition) is 6. The zero-order valence-electron chi connectivity index (χ0n) is 33.8. The molecule has 0 bridgehead atoms. The van der Waals surface area contributed by atoms with Crippen LogP contribution in [0, 0.1) is 11.8 Å². The summed E-state index contributed by atoms with van der Waals surface area (Å²) in [6, 6.07) is -1.36. The first-order valence-corrected chi connectivity index (χ1v) is 21.5. The minimum atomic E-state index is -4.13. The Kier molecular flexibility index (Phi) is 25.5. The molecule has 0 saturated carbocycles. The molecule has 1 fully saturated rings. The highest BCUT2D eigenvalue weighted by Crippen LogP contribution is 2.44. The Morgan fingerprint density at radius 2 is 1.19 bits per heavy atom. The second kappa shape index (κ2) is 28.2. The van der Waals surface area contributed by atoms with E-state index in [1.165, 1.54) is 0 Å². The largest absolute Gasteiger partial charge is 0.481 e. The number of rotatable bonds is 28. The van der Waals surface area contributed by atoms with Crippen LogP contribution in [0.1, 0.15) is 84.0 Å². The second-order valence-electron chi connectivity index (χ2n) is 15.3. The van der Waals surface area contributed by atoms with Gasteiger partial charge in [0, 0.05) is 84.5 Å². The number of aliphatic carboxylic acids is 4. The molecule has 1 saturated heterocycles. The van der Waals surface area contributed by atoms with E-state index in [0.717, 1.165) is 26.2 Å². The van der Waals surface area contributed by atoms with Gasteiger partial charge < -0.3 is 45.0 Å². The van der Waals surface area contributed by atoms with Crippen LogP contribution in [0.5, 0.6) is 0 Å². The van der Waals surface area contributed by atoms with E-state index in [0.29, 0.717) is 58.3 Å². The van der Waals surface area contributed by atoms with Gasteiger partial charge in [0.1, 0.15) is 17.6 Å². The van der Waals surface area contributed by atoms with Crippen LogP contribution < -0.4 is 5.32 Å². The molecule has 1 amide bonds. The molecule has 1 aliphatic heterocycles. The molecule has 0 aromatic carbocycles. The first-order chi connectivity index (χ1) is 26.8. The summed E-state index contributed by atoms with van der Waals surface area (Å²) in [5.41, 5.74) is 0. The van der Waals surface area contributed by atoms with Crippen LogP contribution in [-0.4, -0.2) is 185 Å². The van der Waals surface area contributed by atoms with E-state index in [-0.39, 0.29) is 63.6 Å². The van der Waals surface area contributed by atoms with E-state index in [1.54, 1.807) is 6.92 Å². The van der Waals surface area contributed by atoms with E-state index in [9.17, 15) is 58.3 Å². The lowest BCUT2D eigenvalue weighted by atomic mass is 9.96. The van der Waals surface area contributed by atoms with Gasteiger partial charge in [0.15, 0.2) is 0 Å². The van der Waals surface area contributed by atoms with Crippen molar-refractivity contribution in [3.05, 3.63) is 0 Å². The third-order valence-corrected chi connectivity index (χ3v) is 11.6. The Labute approximate surface area is 335 Å². The predicted molar refractivity (Wildman–Crippen MR) is 209 cm³/mol. The predicted octanol–water partition coefficient (Wildman–Crippen LogP) is 1.56. The van der Waals surface area contributed by atoms with Gasteiger partial charge in [0.05, 0.1) is 31.8 Å². The summed E-state index contributed by atoms with van der Waals surface area (Å²) < 4.78 is 17.3. The van der Waals surface area contributed by atoms with Gasteiger partial charge in [-0.15, -0.1) is 0 Å². The van der Waals surface area contributed by atoms with Crippen LogP contribution in [0.2, 0.25) is 0 Å². The van der Waals surface area contributed by atoms with Crippen LogP contribution in [0.3, 0.4) is 0 Å². The lowest BCUT2D eigenvalue weighted by molar-refractivity contribution is -0.145. The molecule has 57 heavy (non-hydrogen) atoms. The second-order valence-corrected chi connectivity index (χ2v) is 17.2. The summed E-state index contributed by atoms with van der Waals surface area (Å²) in [5, 5.41) is 39.7. The van der Waals surface area contributed by atoms with Gasteiger partial charge in [-0.3, -0.25) is 43.1 Å². The van der Waals surface area contributed by atoms with Crippen molar-refractivity contribution in [2.75, 3.05) is 92.3 Å². The van der Waals surface area contributed by atoms with Gasteiger partial charge in [-0.05, 0) is 52.1 Å². The molecule has 1 heterocycles. The molecule has 328 valence electrons. The smallest absolute Gasteiger partial charge is 0.328 e. The molecular weight excluding hydrogens is 769 g/mol. The van der Waals surface area contributed by atoms with Crippen molar-refractivity contribution >= 4 is 48.9 Å². The van der Waals surface area contributed by atoms with Crippen LogP contribution in [0.15, 0.2) is 0 Å². The average Bonchev–Trinajstić information content (AvgIpc) is 3.11. The van der Waals surface area contributed by atoms with E-state index in [4.69, 9.17) is 9.63 Å². The minimum absolute atomic E-state index is 0.0454. The van der Waals surface area contributed by atoms with Crippen molar-refractivity contribution in [1.29, 1.82) is 0 Å². The van der Waals surface area contributed by atoms with Crippen molar-refractivity contribution in [2.45, 2.75) is 90.0 Å². The van der Waals surface area contributed by atoms with Crippen molar-refractivity contribution < 1.29 is 68.0 Å². The fourth-order valence-corrected chi connectivity index (χ4v) is 7.72. The van der Waals surface area contributed by atoms with E-state index >= 15 is 0 Å². The highest BCUT2D eigenvalue weighted by Gasteiger charge is 2.28. The number of carboxylic acids is 4. The fraction of sp³-hybridized carbons (Fsp3) is 0.811. The first-order valence-electron chi connectivity index (χ1n) is 19.8.